The zero-order valence-electron chi connectivity index (χ0n) is 20.4. The van der Waals surface area contributed by atoms with Gasteiger partial charge in [-0.05, 0) is 49.9 Å². The molecular weight excluding hydrogens is 471 g/mol. The summed E-state index contributed by atoms with van der Waals surface area (Å²) in [5.74, 6) is -1.06. The molecular formula is C25H31FN4O6. The van der Waals surface area contributed by atoms with Crippen LogP contribution in [0.2, 0.25) is 0 Å². The summed E-state index contributed by atoms with van der Waals surface area (Å²) in [5.41, 5.74) is 1.98. The number of hydrogen-bond acceptors (Lipinski definition) is 7. The molecule has 0 aliphatic heterocycles. The highest BCUT2D eigenvalue weighted by Gasteiger charge is 2.26. The molecule has 0 saturated heterocycles. The van der Waals surface area contributed by atoms with Crippen LogP contribution in [0, 0.1) is 12.7 Å². The molecule has 3 rings (SSSR count). The van der Waals surface area contributed by atoms with E-state index in [-0.39, 0.29) is 37.5 Å². The van der Waals surface area contributed by atoms with Crippen LogP contribution in [0.1, 0.15) is 66.7 Å². The first-order chi connectivity index (χ1) is 17.0. The fourth-order valence-electron chi connectivity index (χ4n) is 4.01. The second-order valence-electron chi connectivity index (χ2n) is 9.02. The van der Waals surface area contributed by atoms with Gasteiger partial charge in [-0.1, -0.05) is 19.0 Å². The molecule has 0 unspecified atom stereocenters. The Bertz CT molecular complexity index is 1190. The summed E-state index contributed by atoms with van der Waals surface area (Å²) in [6.45, 7) is 5.96. The number of benzene rings is 1. The lowest BCUT2D eigenvalue weighted by atomic mass is 10.0. The summed E-state index contributed by atoms with van der Waals surface area (Å²) in [5, 5.41) is 35.8. The second-order valence-corrected chi connectivity index (χ2v) is 9.02. The van der Waals surface area contributed by atoms with Crippen LogP contribution >= 0.6 is 0 Å². The molecule has 0 spiro atoms. The van der Waals surface area contributed by atoms with Gasteiger partial charge in [-0.3, -0.25) is 9.59 Å². The molecule has 3 aromatic rings. The van der Waals surface area contributed by atoms with Crippen LogP contribution in [-0.4, -0.2) is 54.1 Å². The number of aryl methyl sites for hydroxylation is 1. The van der Waals surface area contributed by atoms with Crippen LogP contribution in [0.5, 0.6) is 0 Å². The Morgan fingerprint density at radius 3 is 2.44 bits per heavy atom. The van der Waals surface area contributed by atoms with Crippen molar-refractivity contribution in [3.63, 3.8) is 0 Å². The number of carboxylic acid groups (broad SMARTS) is 1. The molecule has 11 heteroatoms. The molecule has 0 bridgehead atoms. The van der Waals surface area contributed by atoms with Crippen molar-refractivity contribution >= 4 is 11.9 Å². The van der Waals surface area contributed by atoms with Gasteiger partial charge in [-0.15, -0.1) is 0 Å². The lowest BCUT2D eigenvalue weighted by Crippen LogP contribution is -2.25. The summed E-state index contributed by atoms with van der Waals surface area (Å²) in [4.78, 5) is 28.5. The SMILES string of the molecule is Cc1cc(CNC(=O)c2nc(-c3ccc(F)cc3)n(CC[C@@H](O)C[C@@H](O)CC(=O)O)c2C(C)C)no1. The van der Waals surface area contributed by atoms with Crippen LogP contribution in [0.3, 0.4) is 0 Å². The maximum atomic E-state index is 13.6. The Hall–Kier alpha value is -3.57. The third-order valence-electron chi connectivity index (χ3n) is 5.62. The van der Waals surface area contributed by atoms with Gasteiger partial charge in [0.1, 0.15) is 28.8 Å². The van der Waals surface area contributed by atoms with Crippen molar-refractivity contribution in [2.75, 3.05) is 0 Å². The Morgan fingerprint density at radius 1 is 1.17 bits per heavy atom. The van der Waals surface area contributed by atoms with Crippen molar-refractivity contribution in [2.24, 2.45) is 0 Å². The molecule has 0 saturated carbocycles. The molecule has 1 aromatic carbocycles. The number of aliphatic carboxylic acids is 1. The highest BCUT2D eigenvalue weighted by molar-refractivity contribution is 5.94. The number of carbonyl (C=O) groups excluding carboxylic acids is 1. The zero-order valence-corrected chi connectivity index (χ0v) is 20.4. The van der Waals surface area contributed by atoms with Crippen LogP contribution in [0.25, 0.3) is 11.4 Å². The van der Waals surface area contributed by atoms with E-state index in [1.807, 2.05) is 13.8 Å². The molecule has 194 valence electrons. The molecule has 36 heavy (non-hydrogen) atoms. The number of rotatable bonds is 12. The molecule has 2 aromatic heterocycles. The van der Waals surface area contributed by atoms with Crippen molar-refractivity contribution < 1.29 is 33.8 Å². The summed E-state index contributed by atoms with van der Waals surface area (Å²) < 4.78 is 20.4. The third kappa shape index (κ3) is 6.98. The van der Waals surface area contributed by atoms with Crippen molar-refractivity contribution in [2.45, 2.75) is 71.2 Å². The number of carbonyl (C=O) groups is 2. The van der Waals surface area contributed by atoms with E-state index in [2.05, 4.69) is 15.5 Å². The smallest absolute Gasteiger partial charge is 0.305 e. The van der Waals surface area contributed by atoms with Gasteiger partial charge in [-0.25, -0.2) is 9.37 Å². The highest BCUT2D eigenvalue weighted by atomic mass is 19.1. The number of hydrogen-bond donors (Lipinski definition) is 4. The minimum Gasteiger partial charge on any atom is -0.481 e. The van der Waals surface area contributed by atoms with E-state index in [9.17, 15) is 24.2 Å². The standard InChI is InChI=1S/C25H31FN4O6/c1-14(2)23-22(25(35)27-13-18-10-15(3)36-29-18)28-24(16-4-6-17(26)7-5-16)30(23)9-8-19(31)11-20(32)12-21(33)34/h4-7,10,14,19-20,31-32H,8-9,11-13H2,1-3H3,(H,27,35)(H,33,34)/t19-,20-/m1/s1. The first-order valence-corrected chi connectivity index (χ1v) is 11.7. The zero-order chi connectivity index (χ0) is 26.4. The van der Waals surface area contributed by atoms with Crippen molar-refractivity contribution in [3.8, 4) is 11.4 Å². The Kier molecular flexibility index (Phi) is 8.94. The van der Waals surface area contributed by atoms with E-state index >= 15 is 0 Å². The number of carboxylic acids is 1. The van der Waals surface area contributed by atoms with Gasteiger partial charge in [0.05, 0.1) is 30.9 Å². The molecule has 0 radical (unpaired) electrons. The second kappa shape index (κ2) is 11.9. The van der Waals surface area contributed by atoms with Gasteiger partial charge < -0.3 is 29.7 Å². The molecule has 0 aliphatic rings. The number of aliphatic hydroxyl groups is 2. The third-order valence-corrected chi connectivity index (χ3v) is 5.62. The summed E-state index contributed by atoms with van der Waals surface area (Å²) in [6.07, 6.45) is -2.54. The predicted octanol–water partition coefficient (Wildman–Crippen LogP) is 3.02. The molecule has 4 N–H and O–H groups in total. The fourth-order valence-corrected chi connectivity index (χ4v) is 4.01. The Balaban J connectivity index is 1.90. The van der Waals surface area contributed by atoms with Gasteiger partial charge >= 0.3 is 5.97 Å². The summed E-state index contributed by atoms with van der Waals surface area (Å²) in [6, 6.07) is 7.43. The molecule has 1 amide bonds. The minimum atomic E-state index is -1.18. The average Bonchev–Trinajstić information content (AvgIpc) is 3.39. The average molecular weight is 503 g/mol. The van der Waals surface area contributed by atoms with E-state index in [0.717, 1.165) is 0 Å². The Morgan fingerprint density at radius 2 is 1.86 bits per heavy atom. The lowest BCUT2D eigenvalue weighted by Gasteiger charge is -2.18. The van der Waals surface area contributed by atoms with Gasteiger partial charge in [0, 0.05) is 18.2 Å². The van der Waals surface area contributed by atoms with Gasteiger partial charge in [-0.2, -0.15) is 0 Å². The van der Waals surface area contributed by atoms with Crippen molar-refractivity contribution in [1.29, 1.82) is 0 Å². The molecule has 0 aliphatic carbocycles. The van der Waals surface area contributed by atoms with Crippen LogP contribution < -0.4 is 5.32 Å². The predicted molar refractivity (Wildman–Crippen MR) is 128 cm³/mol. The van der Waals surface area contributed by atoms with Crippen molar-refractivity contribution in [1.82, 2.24) is 20.0 Å². The monoisotopic (exact) mass is 502 g/mol. The normalized spacial score (nSPS) is 13.1. The van der Waals surface area contributed by atoms with Crippen molar-refractivity contribution in [3.05, 3.63) is 59.0 Å². The number of nitrogens with zero attached hydrogens (tertiary/aromatic N) is 3. The highest BCUT2D eigenvalue weighted by Crippen LogP contribution is 2.29. The summed E-state index contributed by atoms with van der Waals surface area (Å²) in [7, 11) is 0. The van der Waals surface area contributed by atoms with Gasteiger partial charge in [0.15, 0.2) is 0 Å². The van der Waals surface area contributed by atoms with E-state index in [1.165, 1.54) is 12.1 Å². The largest absolute Gasteiger partial charge is 0.481 e. The first kappa shape index (κ1) is 27.0. The van der Waals surface area contributed by atoms with E-state index in [0.29, 0.717) is 28.5 Å². The maximum Gasteiger partial charge on any atom is 0.305 e. The fraction of sp³-hybridized carbons (Fsp3) is 0.440. The van der Waals surface area contributed by atoms with Crippen LogP contribution in [-0.2, 0) is 17.9 Å². The number of nitrogens with one attached hydrogen (secondary N) is 1. The van der Waals surface area contributed by atoms with E-state index < -0.39 is 36.3 Å². The van der Waals surface area contributed by atoms with Gasteiger partial charge in [0.2, 0.25) is 0 Å². The number of halogens is 1. The van der Waals surface area contributed by atoms with E-state index in [1.54, 1.807) is 29.7 Å². The molecule has 2 atom stereocenters. The topological polar surface area (TPSA) is 151 Å². The maximum absolute atomic E-state index is 13.6. The lowest BCUT2D eigenvalue weighted by molar-refractivity contribution is -0.139. The minimum absolute atomic E-state index is 0.103. The molecule has 0 fully saturated rings. The summed E-state index contributed by atoms with van der Waals surface area (Å²) >= 11 is 0. The van der Waals surface area contributed by atoms with E-state index in [4.69, 9.17) is 9.63 Å². The number of aliphatic hydroxyl groups excluding tert-OH is 2. The number of amides is 1. The molecule has 2 heterocycles. The Labute approximate surface area is 207 Å². The van der Waals surface area contributed by atoms with Gasteiger partial charge in [0.25, 0.3) is 5.91 Å². The van der Waals surface area contributed by atoms with Crippen LogP contribution in [0.4, 0.5) is 4.39 Å². The quantitative estimate of drug-likeness (QED) is 0.295. The molecule has 10 nitrogen and oxygen atoms in total. The number of imidazole rings is 1. The number of aromatic nitrogens is 3. The first-order valence-electron chi connectivity index (χ1n) is 11.7. The van der Waals surface area contributed by atoms with Crippen LogP contribution in [0.15, 0.2) is 34.9 Å².